The lowest BCUT2D eigenvalue weighted by molar-refractivity contribution is 0.145. The molecule has 6 rings (SSSR count). The molecule has 0 fully saturated rings. The first-order valence-electron chi connectivity index (χ1n) is 12.1. The molecule has 0 saturated carbocycles. The van der Waals surface area contributed by atoms with Gasteiger partial charge < -0.3 is 19.1 Å². The number of rotatable bonds is 5. The number of aliphatic hydroxyl groups excluding tert-OH is 1. The molecule has 2 aliphatic rings. The van der Waals surface area contributed by atoms with E-state index in [1.165, 1.54) is 33.8 Å². The number of halogens is 1. The maximum absolute atomic E-state index is 14.4. The Balaban J connectivity index is 1.36. The maximum atomic E-state index is 14.4. The molecule has 0 bridgehead atoms. The summed E-state index contributed by atoms with van der Waals surface area (Å²) in [5.41, 5.74) is 7.51. The molecule has 180 valence electrons. The molecule has 35 heavy (non-hydrogen) atoms. The van der Waals surface area contributed by atoms with Gasteiger partial charge in [0.05, 0.1) is 12.6 Å². The zero-order valence-electron chi connectivity index (χ0n) is 20.1. The van der Waals surface area contributed by atoms with Crippen molar-refractivity contribution in [3.8, 4) is 11.5 Å². The van der Waals surface area contributed by atoms with Crippen LogP contribution in [0.1, 0.15) is 39.6 Å². The Bertz CT molecular complexity index is 1430. The minimum absolute atomic E-state index is 0.0182. The number of nitrogens with zero attached hydrogens (tertiary/aromatic N) is 2. The van der Waals surface area contributed by atoms with E-state index < -0.39 is 0 Å². The molecule has 1 N–H and O–H groups in total. The Labute approximate surface area is 204 Å². The molecule has 0 aliphatic carbocycles. The lowest BCUT2D eigenvalue weighted by Crippen LogP contribution is -2.39. The summed E-state index contributed by atoms with van der Waals surface area (Å²) < 4.78 is 28.2. The number of aryl methyl sites for hydroxylation is 1. The smallest absolute Gasteiger partial charge is 0.162 e. The Morgan fingerprint density at radius 2 is 1.94 bits per heavy atom. The normalized spacial score (nSPS) is 17.1. The number of aromatic nitrogens is 1. The predicted molar refractivity (Wildman–Crippen MR) is 133 cm³/mol. The van der Waals surface area contributed by atoms with Crippen molar-refractivity contribution < 1.29 is 19.0 Å². The number of fused-ring (bicyclic) bond motifs is 6. The second kappa shape index (κ2) is 8.70. The average molecular weight is 473 g/mol. The summed E-state index contributed by atoms with van der Waals surface area (Å²) >= 11 is 0. The van der Waals surface area contributed by atoms with Crippen LogP contribution in [0.5, 0.6) is 11.5 Å². The van der Waals surface area contributed by atoms with Crippen molar-refractivity contribution in [1.82, 2.24) is 9.47 Å². The van der Waals surface area contributed by atoms with Gasteiger partial charge in [-0.2, -0.15) is 0 Å². The second-order valence-corrected chi connectivity index (χ2v) is 9.54. The lowest BCUT2D eigenvalue weighted by Gasteiger charge is -2.41. The summed E-state index contributed by atoms with van der Waals surface area (Å²) in [6, 6.07) is 17.9. The molecule has 1 aromatic heterocycles. The van der Waals surface area contributed by atoms with Crippen LogP contribution in [0.25, 0.3) is 10.9 Å². The molecule has 0 radical (unpaired) electrons. The summed E-state index contributed by atoms with van der Waals surface area (Å²) in [7, 11) is 1.65. The molecule has 0 spiro atoms. The van der Waals surface area contributed by atoms with Gasteiger partial charge in [0.25, 0.3) is 0 Å². The predicted octanol–water partition coefficient (Wildman–Crippen LogP) is 5.28. The summed E-state index contributed by atoms with van der Waals surface area (Å²) in [5.74, 6) is 1.06. The second-order valence-electron chi connectivity index (χ2n) is 9.54. The van der Waals surface area contributed by atoms with Crippen molar-refractivity contribution in [2.45, 2.75) is 45.7 Å². The highest BCUT2D eigenvalue weighted by atomic mass is 19.1. The van der Waals surface area contributed by atoms with Crippen molar-refractivity contribution >= 4 is 10.9 Å². The fourth-order valence-electron chi connectivity index (χ4n) is 5.77. The number of benzene rings is 3. The van der Waals surface area contributed by atoms with Crippen LogP contribution in [0.2, 0.25) is 0 Å². The third-order valence-corrected chi connectivity index (χ3v) is 7.57. The van der Waals surface area contributed by atoms with E-state index in [0.717, 1.165) is 37.0 Å². The number of para-hydroxylation sites is 1. The van der Waals surface area contributed by atoms with Gasteiger partial charge in [0.2, 0.25) is 0 Å². The van der Waals surface area contributed by atoms with Gasteiger partial charge in [-0.15, -0.1) is 0 Å². The van der Waals surface area contributed by atoms with E-state index in [2.05, 4.69) is 35.2 Å². The van der Waals surface area contributed by atoms with Crippen LogP contribution < -0.4 is 9.47 Å². The minimum Gasteiger partial charge on any atom is -0.493 e. The molecule has 5 nitrogen and oxygen atoms in total. The van der Waals surface area contributed by atoms with Gasteiger partial charge >= 0.3 is 0 Å². The Hall–Kier alpha value is -3.35. The third-order valence-electron chi connectivity index (χ3n) is 7.57. The Kier molecular flexibility index (Phi) is 5.50. The third kappa shape index (κ3) is 3.68. The first-order valence-corrected chi connectivity index (χ1v) is 12.1. The number of aliphatic hydroxyl groups is 1. The van der Waals surface area contributed by atoms with Crippen LogP contribution >= 0.6 is 0 Å². The monoisotopic (exact) mass is 472 g/mol. The van der Waals surface area contributed by atoms with Crippen LogP contribution in [-0.4, -0.2) is 28.2 Å². The highest BCUT2D eigenvalue weighted by molar-refractivity contribution is 5.86. The Morgan fingerprint density at radius 3 is 2.74 bits per heavy atom. The van der Waals surface area contributed by atoms with Crippen molar-refractivity contribution in [1.29, 1.82) is 0 Å². The van der Waals surface area contributed by atoms with Gasteiger partial charge in [-0.05, 0) is 66.3 Å². The molecule has 1 atom stereocenters. The maximum Gasteiger partial charge on any atom is 0.162 e. The molecular formula is C29H29FN2O3. The fourth-order valence-corrected chi connectivity index (χ4v) is 5.77. The van der Waals surface area contributed by atoms with Gasteiger partial charge in [0.15, 0.2) is 11.5 Å². The van der Waals surface area contributed by atoms with Crippen LogP contribution in [0.4, 0.5) is 4.39 Å². The van der Waals surface area contributed by atoms with E-state index in [1.807, 2.05) is 23.6 Å². The van der Waals surface area contributed by atoms with E-state index in [-0.39, 0.29) is 25.2 Å². The van der Waals surface area contributed by atoms with E-state index in [0.29, 0.717) is 17.1 Å². The van der Waals surface area contributed by atoms with Gasteiger partial charge in [-0.3, -0.25) is 4.90 Å². The molecule has 4 aromatic rings. The number of hydrogen-bond acceptors (Lipinski definition) is 4. The SMILES string of the molecule is COc1cc2c(cc1OCc1ccc(C)cc1F)C1Cc3c(n(CO)c4ccccc34)CN1CC2. The van der Waals surface area contributed by atoms with Crippen LogP contribution in [0, 0.1) is 12.7 Å². The van der Waals surface area contributed by atoms with Crippen molar-refractivity contribution in [3.63, 3.8) is 0 Å². The highest BCUT2D eigenvalue weighted by Gasteiger charge is 2.35. The molecule has 2 aliphatic heterocycles. The van der Waals surface area contributed by atoms with Crippen LogP contribution in [-0.2, 0) is 32.7 Å². The first kappa shape index (κ1) is 22.1. The number of hydrogen-bond donors (Lipinski definition) is 1. The minimum atomic E-state index is -0.256. The first-order chi connectivity index (χ1) is 17.1. The highest BCUT2D eigenvalue weighted by Crippen LogP contribution is 2.44. The molecule has 6 heteroatoms. The van der Waals surface area contributed by atoms with E-state index >= 15 is 0 Å². The van der Waals surface area contributed by atoms with Gasteiger partial charge in [-0.1, -0.05) is 30.3 Å². The lowest BCUT2D eigenvalue weighted by atomic mass is 9.85. The van der Waals surface area contributed by atoms with Gasteiger partial charge in [0.1, 0.15) is 19.2 Å². The van der Waals surface area contributed by atoms with E-state index in [4.69, 9.17) is 9.47 Å². The van der Waals surface area contributed by atoms with Gasteiger partial charge in [-0.25, -0.2) is 4.39 Å². The number of ether oxygens (including phenoxy) is 2. The van der Waals surface area contributed by atoms with Gasteiger partial charge in [0, 0.05) is 35.8 Å². The summed E-state index contributed by atoms with van der Waals surface area (Å²) in [6.45, 7) is 3.74. The molecule has 0 saturated heterocycles. The van der Waals surface area contributed by atoms with Crippen molar-refractivity contribution in [3.05, 3.63) is 93.9 Å². The molecule has 3 heterocycles. The largest absolute Gasteiger partial charge is 0.493 e. The zero-order chi connectivity index (χ0) is 24.1. The van der Waals surface area contributed by atoms with Crippen molar-refractivity contribution in [2.75, 3.05) is 13.7 Å². The average Bonchev–Trinajstić information content (AvgIpc) is 3.19. The zero-order valence-corrected chi connectivity index (χ0v) is 20.1. The molecule has 1 unspecified atom stereocenters. The molecular weight excluding hydrogens is 443 g/mol. The molecule has 3 aromatic carbocycles. The Morgan fingerprint density at radius 1 is 1.09 bits per heavy atom. The standard InChI is InChI=1S/C29H29FN2O3/c1-18-7-8-20(24(30)11-18)16-35-29-14-22-19(12-28(29)34-2)9-10-31-15-27-23(13-26(22)31)21-5-3-4-6-25(21)32(27)17-33/h3-8,11-12,14,26,33H,9-10,13,15-17H2,1-2H3. The topological polar surface area (TPSA) is 46.9 Å². The van der Waals surface area contributed by atoms with E-state index in [1.54, 1.807) is 13.2 Å². The summed E-state index contributed by atoms with van der Waals surface area (Å²) in [4.78, 5) is 2.49. The summed E-state index contributed by atoms with van der Waals surface area (Å²) in [6.07, 6.45) is 1.79. The van der Waals surface area contributed by atoms with Crippen molar-refractivity contribution in [2.24, 2.45) is 0 Å². The quantitative estimate of drug-likeness (QED) is 0.429. The van der Waals surface area contributed by atoms with E-state index in [9.17, 15) is 9.50 Å². The molecule has 0 amide bonds. The summed E-state index contributed by atoms with van der Waals surface area (Å²) in [5, 5.41) is 11.3. The van der Waals surface area contributed by atoms with Crippen LogP contribution in [0.15, 0.2) is 54.6 Å². The number of methoxy groups -OCH3 is 1. The van der Waals surface area contributed by atoms with Crippen LogP contribution in [0.3, 0.4) is 0 Å². The fraction of sp³-hybridized carbons (Fsp3) is 0.310.